The van der Waals surface area contributed by atoms with Crippen molar-refractivity contribution in [2.24, 2.45) is 0 Å². The number of carbonyl (C=O) groups is 4. The molecule has 12 nitrogen and oxygen atoms in total. The summed E-state index contributed by atoms with van der Waals surface area (Å²) in [5, 5.41) is 11.2. The molecule has 0 heterocycles. The molecule has 0 aliphatic heterocycles. The Balaban J connectivity index is 0.000000400. The number of amides is 8. The third-order valence-electron chi connectivity index (χ3n) is 8.94. The maximum atomic E-state index is 11.3. The molecule has 4 N–H and O–H groups in total. The van der Waals surface area contributed by atoms with Gasteiger partial charge in [0.25, 0.3) is 0 Å². The first-order chi connectivity index (χ1) is 28.0. The molecule has 0 aliphatic rings. The van der Waals surface area contributed by atoms with Gasteiger partial charge >= 0.3 is 24.1 Å². The number of urea groups is 4. The fourth-order valence-electron chi connectivity index (χ4n) is 4.75. The van der Waals surface area contributed by atoms with Gasteiger partial charge in [0.05, 0.1) is 0 Å². The van der Waals surface area contributed by atoms with Crippen LogP contribution < -0.4 is 21.3 Å². The zero-order valence-electron chi connectivity index (χ0n) is 39.0. The van der Waals surface area contributed by atoms with Crippen LogP contribution >= 0.6 is 0 Å². The van der Waals surface area contributed by atoms with Gasteiger partial charge in [0.2, 0.25) is 0 Å². The number of benzene rings is 4. The third-order valence-corrected chi connectivity index (χ3v) is 8.94. The number of nitrogens with one attached hydrogen (secondary N) is 4. The fourth-order valence-corrected chi connectivity index (χ4v) is 4.75. The summed E-state index contributed by atoms with van der Waals surface area (Å²) in [6, 6.07) is 31.3. The van der Waals surface area contributed by atoms with Crippen LogP contribution in [0.3, 0.4) is 0 Å². The van der Waals surface area contributed by atoms with Crippen molar-refractivity contribution in [2.75, 3.05) is 77.6 Å². The molecule has 60 heavy (non-hydrogen) atoms. The smallest absolute Gasteiger partial charge is 0.321 e. The van der Waals surface area contributed by atoms with Gasteiger partial charge in [-0.1, -0.05) is 104 Å². The van der Waals surface area contributed by atoms with Gasteiger partial charge in [-0.05, 0) is 94.5 Å². The zero-order chi connectivity index (χ0) is 45.7. The standard InChI is InChI=1S/4C12H18N2O/c4*1-9(2)10-5-7-11(8-6-10)13-12(15)14(3)4/h4*5-9H,1-4H3,(H,13,15). The Morgan fingerprint density at radius 2 is 0.433 bits per heavy atom. The summed E-state index contributed by atoms with van der Waals surface area (Å²) < 4.78 is 0. The number of hydrogen-bond donors (Lipinski definition) is 4. The summed E-state index contributed by atoms with van der Waals surface area (Å²) in [5.41, 5.74) is 8.43. The Morgan fingerprint density at radius 3 is 0.533 bits per heavy atom. The quantitative estimate of drug-likeness (QED) is 0.141. The summed E-state index contributed by atoms with van der Waals surface area (Å²) in [6.07, 6.45) is 0. The molecule has 8 amide bonds. The summed E-state index contributed by atoms with van der Waals surface area (Å²) >= 11 is 0. The van der Waals surface area contributed by atoms with Crippen molar-refractivity contribution in [1.29, 1.82) is 0 Å². The second-order valence-corrected chi connectivity index (χ2v) is 16.4. The van der Waals surface area contributed by atoms with Crippen molar-refractivity contribution in [3.8, 4) is 0 Å². The van der Waals surface area contributed by atoms with Crippen LogP contribution in [0.2, 0.25) is 0 Å². The van der Waals surface area contributed by atoms with E-state index in [9.17, 15) is 19.2 Å². The van der Waals surface area contributed by atoms with Gasteiger partial charge in [0, 0.05) is 79.1 Å². The molecule has 4 aromatic carbocycles. The van der Waals surface area contributed by atoms with E-state index in [2.05, 4.69) is 76.7 Å². The number of hydrogen-bond acceptors (Lipinski definition) is 4. The van der Waals surface area contributed by atoms with E-state index in [1.54, 1.807) is 56.4 Å². The molecule has 0 atom stereocenters. The van der Waals surface area contributed by atoms with Crippen LogP contribution in [-0.4, -0.2) is 100 Å². The van der Waals surface area contributed by atoms with Crippen LogP contribution in [0, 0.1) is 0 Å². The maximum absolute atomic E-state index is 11.3. The largest absolute Gasteiger partial charge is 0.331 e. The van der Waals surface area contributed by atoms with E-state index in [1.807, 2.05) is 97.1 Å². The molecule has 0 spiro atoms. The van der Waals surface area contributed by atoms with Gasteiger partial charge < -0.3 is 40.9 Å². The molecule has 0 radical (unpaired) electrons. The number of nitrogens with zero attached hydrogens (tertiary/aromatic N) is 4. The molecule has 0 fully saturated rings. The molecule has 0 unspecified atom stereocenters. The lowest BCUT2D eigenvalue weighted by atomic mass is 10.0. The lowest BCUT2D eigenvalue weighted by Gasteiger charge is -2.12. The molecule has 0 aromatic heterocycles. The minimum atomic E-state index is -0.104. The van der Waals surface area contributed by atoms with Crippen molar-refractivity contribution in [3.05, 3.63) is 119 Å². The monoisotopic (exact) mass is 825 g/mol. The molecule has 0 saturated heterocycles. The average Bonchev–Trinajstić information content (AvgIpc) is 3.19. The molecule has 0 aliphatic carbocycles. The van der Waals surface area contributed by atoms with E-state index in [-0.39, 0.29) is 24.1 Å². The van der Waals surface area contributed by atoms with Crippen LogP contribution in [0.4, 0.5) is 41.9 Å². The Kier molecular flexibility index (Phi) is 22.6. The normalized spacial score (nSPS) is 10.2. The summed E-state index contributed by atoms with van der Waals surface area (Å²) in [6.45, 7) is 17.2. The van der Waals surface area contributed by atoms with E-state index in [0.717, 1.165) is 22.7 Å². The van der Waals surface area contributed by atoms with Crippen LogP contribution in [0.5, 0.6) is 0 Å². The van der Waals surface area contributed by atoms with E-state index in [4.69, 9.17) is 0 Å². The Bertz CT molecular complexity index is 1590. The van der Waals surface area contributed by atoms with Gasteiger partial charge in [0.1, 0.15) is 0 Å². The minimum absolute atomic E-state index is 0.104. The molecule has 0 bridgehead atoms. The molecule has 4 rings (SSSR count). The molecular weight excluding hydrogens is 753 g/mol. The van der Waals surface area contributed by atoms with Crippen LogP contribution in [-0.2, 0) is 0 Å². The van der Waals surface area contributed by atoms with Crippen LogP contribution in [0.25, 0.3) is 0 Å². The third kappa shape index (κ3) is 20.1. The Hall–Kier alpha value is -6.04. The summed E-state index contributed by atoms with van der Waals surface area (Å²) in [5.74, 6) is 2.07. The zero-order valence-corrected chi connectivity index (χ0v) is 39.0. The summed E-state index contributed by atoms with van der Waals surface area (Å²) in [7, 11) is 13.8. The highest BCUT2D eigenvalue weighted by Crippen LogP contribution is 2.20. The highest BCUT2D eigenvalue weighted by Gasteiger charge is 2.08. The van der Waals surface area contributed by atoms with Crippen LogP contribution in [0.15, 0.2) is 97.1 Å². The van der Waals surface area contributed by atoms with Crippen LogP contribution in [0.1, 0.15) is 101 Å². The molecular formula is C48H72N8O4. The van der Waals surface area contributed by atoms with Gasteiger partial charge in [-0.25, -0.2) is 19.2 Å². The van der Waals surface area contributed by atoms with E-state index in [0.29, 0.717) is 23.7 Å². The predicted molar refractivity (Wildman–Crippen MR) is 253 cm³/mol. The topological polar surface area (TPSA) is 129 Å². The molecule has 0 saturated carbocycles. The predicted octanol–water partition coefficient (Wildman–Crippen LogP) is 11.6. The Labute approximate surface area is 360 Å². The van der Waals surface area contributed by atoms with Gasteiger partial charge in [-0.15, -0.1) is 0 Å². The second kappa shape index (κ2) is 26.1. The highest BCUT2D eigenvalue weighted by molar-refractivity contribution is 5.90. The van der Waals surface area contributed by atoms with Crippen molar-refractivity contribution in [1.82, 2.24) is 19.6 Å². The number of anilines is 4. The van der Waals surface area contributed by atoms with Crippen molar-refractivity contribution >= 4 is 46.9 Å². The van der Waals surface area contributed by atoms with Gasteiger partial charge in [-0.2, -0.15) is 0 Å². The van der Waals surface area contributed by atoms with Gasteiger partial charge in [0.15, 0.2) is 0 Å². The summed E-state index contributed by atoms with van der Waals surface area (Å²) in [4.78, 5) is 51.4. The van der Waals surface area contributed by atoms with Gasteiger partial charge in [-0.3, -0.25) is 0 Å². The molecule has 12 heteroatoms. The minimum Gasteiger partial charge on any atom is -0.331 e. The fraction of sp³-hybridized carbons (Fsp3) is 0.417. The average molecular weight is 825 g/mol. The van der Waals surface area contributed by atoms with E-state index < -0.39 is 0 Å². The van der Waals surface area contributed by atoms with Crippen molar-refractivity contribution in [3.63, 3.8) is 0 Å². The molecule has 328 valence electrons. The first-order valence-electron chi connectivity index (χ1n) is 20.3. The number of rotatable bonds is 8. The second-order valence-electron chi connectivity index (χ2n) is 16.4. The lowest BCUT2D eigenvalue weighted by Crippen LogP contribution is -2.27. The highest BCUT2D eigenvalue weighted by atomic mass is 16.2. The first kappa shape index (κ1) is 52.0. The Morgan fingerprint density at radius 1 is 0.300 bits per heavy atom. The van der Waals surface area contributed by atoms with E-state index in [1.165, 1.54) is 41.9 Å². The van der Waals surface area contributed by atoms with E-state index >= 15 is 0 Å². The first-order valence-corrected chi connectivity index (χ1v) is 20.3. The lowest BCUT2D eigenvalue weighted by molar-refractivity contribution is 0.230. The maximum Gasteiger partial charge on any atom is 0.321 e. The van der Waals surface area contributed by atoms with Crippen molar-refractivity contribution in [2.45, 2.75) is 79.1 Å². The van der Waals surface area contributed by atoms with Crippen molar-refractivity contribution < 1.29 is 19.2 Å². The SMILES string of the molecule is CC(C)c1ccc(NC(=O)N(C)C)cc1.CC(C)c1ccc(NC(=O)N(C)C)cc1.CC(C)c1ccc(NC(=O)N(C)C)cc1.CC(C)c1ccc(NC(=O)N(C)C)cc1. The molecule has 4 aromatic rings. The number of carbonyl (C=O) groups excluding carboxylic acids is 4.